The van der Waals surface area contributed by atoms with Gasteiger partial charge in [0.05, 0.1) is 24.1 Å². The number of hydrogen-bond acceptors (Lipinski definition) is 4. The highest BCUT2D eigenvalue weighted by molar-refractivity contribution is 6.30. The number of rotatable bonds is 4. The molecule has 1 atom stereocenters. The van der Waals surface area contributed by atoms with E-state index >= 15 is 0 Å². The summed E-state index contributed by atoms with van der Waals surface area (Å²) in [6.45, 7) is 4.22. The molecule has 0 aliphatic carbocycles. The predicted molar refractivity (Wildman–Crippen MR) is 107 cm³/mol. The van der Waals surface area contributed by atoms with Crippen molar-refractivity contribution in [1.29, 1.82) is 0 Å². The number of benzene rings is 1. The molecule has 2 aliphatic rings. The second-order valence-electron chi connectivity index (χ2n) is 7.50. The van der Waals surface area contributed by atoms with E-state index in [1.54, 1.807) is 6.20 Å². The Morgan fingerprint density at radius 3 is 2.81 bits per heavy atom. The van der Waals surface area contributed by atoms with Crippen molar-refractivity contribution in [3.05, 3.63) is 47.4 Å². The molecular weight excluding hydrogens is 360 g/mol. The Balaban J connectivity index is 1.45. The van der Waals surface area contributed by atoms with Crippen molar-refractivity contribution in [1.82, 2.24) is 19.8 Å². The monoisotopic (exact) mass is 384 g/mol. The first-order chi connectivity index (χ1) is 13.2. The van der Waals surface area contributed by atoms with Crippen molar-refractivity contribution in [3.63, 3.8) is 0 Å². The number of aromatic nitrogens is 2. The number of hydrogen-bond donors (Lipinski definition) is 0. The molecule has 3 heterocycles. The molecule has 0 radical (unpaired) electrons. The van der Waals surface area contributed by atoms with Crippen LogP contribution in [0, 0.1) is 0 Å². The van der Waals surface area contributed by atoms with Gasteiger partial charge in [0.15, 0.2) is 0 Å². The van der Waals surface area contributed by atoms with E-state index in [1.807, 2.05) is 35.4 Å². The van der Waals surface area contributed by atoms with Crippen molar-refractivity contribution in [2.75, 3.05) is 32.7 Å². The summed E-state index contributed by atoms with van der Waals surface area (Å²) in [7, 11) is 0. The quantitative estimate of drug-likeness (QED) is 0.808. The van der Waals surface area contributed by atoms with Gasteiger partial charge in [-0.15, -0.1) is 0 Å². The summed E-state index contributed by atoms with van der Waals surface area (Å²) in [5, 5.41) is 0.698. The molecule has 1 aromatic carbocycles. The molecular formula is C21H25ClN4O. The van der Waals surface area contributed by atoms with Gasteiger partial charge in [0.1, 0.15) is 0 Å². The Hall–Kier alpha value is -1.98. The van der Waals surface area contributed by atoms with Crippen LogP contribution < -0.4 is 0 Å². The zero-order valence-corrected chi connectivity index (χ0v) is 16.2. The fourth-order valence-corrected chi connectivity index (χ4v) is 4.25. The molecule has 1 amide bonds. The Bertz CT molecular complexity index is 806. The van der Waals surface area contributed by atoms with E-state index in [9.17, 15) is 4.79 Å². The third-order valence-corrected chi connectivity index (χ3v) is 5.75. The summed E-state index contributed by atoms with van der Waals surface area (Å²) in [5.41, 5.74) is 2.83. The molecule has 0 saturated carbocycles. The van der Waals surface area contributed by atoms with Crippen LogP contribution in [0.15, 0.2) is 36.7 Å². The number of piperidine rings is 1. The fourth-order valence-electron chi connectivity index (χ4n) is 4.06. The van der Waals surface area contributed by atoms with Crippen LogP contribution in [-0.2, 0) is 4.79 Å². The first kappa shape index (κ1) is 18.4. The number of carbonyl (C=O) groups is 1. The molecule has 6 heteroatoms. The van der Waals surface area contributed by atoms with Crippen LogP contribution in [0.1, 0.15) is 37.3 Å². The lowest BCUT2D eigenvalue weighted by Crippen LogP contribution is -2.43. The maximum atomic E-state index is 12.5. The second-order valence-corrected chi connectivity index (χ2v) is 7.94. The number of halogens is 1. The topological polar surface area (TPSA) is 49.3 Å². The molecule has 2 saturated heterocycles. The third kappa shape index (κ3) is 4.47. The average molecular weight is 385 g/mol. The lowest BCUT2D eigenvalue weighted by atomic mass is 9.94. The normalized spacial score (nSPS) is 20.8. The Morgan fingerprint density at radius 1 is 1.15 bits per heavy atom. The summed E-state index contributed by atoms with van der Waals surface area (Å²) in [4.78, 5) is 26.0. The molecule has 2 aliphatic heterocycles. The molecule has 0 N–H and O–H groups in total. The van der Waals surface area contributed by atoms with E-state index in [2.05, 4.69) is 9.88 Å². The Labute approximate surface area is 165 Å². The third-order valence-electron chi connectivity index (χ3n) is 5.51. The van der Waals surface area contributed by atoms with Gasteiger partial charge in [-0.3, -0.25) is 14.7 Å². The number of likely N-dealkylation sites (tertiary alicyclic amines) is 2. The van der Waals surface area contributed by atoms with E-state index in [-0.39, 0.29) is 5.91 Å². The molecule has 4 rings (SSSR count). The van der Waals surface area contributed by atoms with Crippen molar-refractivity contribution < 1.29 is 4.79 Å². The lowest BCUT2D eigenvalue weighted by molar-refractivity contribution is -0.131. The zero-order valence-electron chi connectivity index (χ0n) is 15.5. The van der Waals surface area contributed by atoms with E-state index in [1.165, 1.54) is 0 Å². The van der Waals surface area contributed by atoms with Gasteiger partial charge in [-0.2, -0.15) is 0 Å². The summed E-state index contributed by atoms with van der Waals surface area (Å²) in [6.07, 6.45) is 8.10. The van der Waals surface area contributed by atoms with Gasteiger partial charge in [-0.1, -0.05) is 23.7 Å². The van der Waals surface area contributed by atoms with Gasteiger partial charge in [-0.25, -0.2) is 4.98 Å². The largest absolute Gasteiger partial charge is 0.342 e. The van der Waals surface area contributed by atoms with E-state index in [0.29, 0.717) is 17.5 Å². The lowest BCUT2D eigenvalue weighted by Gasteiger charge is -2.32. The molecule has 0 unspecified atom stereocenters. The van der Waals surface area contributed by atoms with Crippen LogP contribution >= 0.6 is 11.6 Å². The van der Waals surface area contributed by atoms with Gasteiger partial charge in [0, 0.05) is 42.3 Å². The van der Waals surface area contributed by atoms with Crippen LogP contribution in [0.5, 0.6) is 0 Å². The molecule has 1 aromatic heterocycles. The number of amides is 1. The molecule has 0 spiro atoms. The van der Waals surface area contributed by atoms with Crippen molar-refractivity contribution >= 4 is 17.5 Å². The first-order valence-corrected chi connectivity index (χ1v) is 10.1. The second kappa shape index (κ2) is 8.36. The summed E-state index contributed by atoms with van der Waals surface area (Å²) >= 11 is 6.11. The molecule has 0 bridgehead atoms. The highest BCUT2D eigenvalue weighted by Gasteiger charge is 2.26. The zero-order chi connectivity index (χ0) is 18.6. The predicted octanol–water partition coefficient (Wildman–Crippen LogP) is 3.60. The molecule has 2 fully saturated rings. The fraction of sp³-hybridized carbons (Fsp3) is 0.476. The van der Waals surface area contributed by atoms with E-state index < -0.39 is 0 Å². The Kier molecular flexibility index (Phi) is 5.69. The molecule has 27 heavy (non-hydrogen) atoms. The number of nitrogens with zero attached hydrogens (tertiary/aromatic N) is 4. The van der Waals surface area contributed by atoms with Crippen LogP contribution in [0.2, 0.25) is 5.02 Å². The summed E-state index contributed by atoms with van der Waals surface area (Å²) < 4.78 is 0. The molecule has 142 valence electrons. The average Bonchev–Trinajstić information content (AvgIpc) is 3.23. The minimum atomic E-state index is 0.270. The summed E-state index contributed by atoms with van der Waals surface area (Å²) in [5.74, 6) is 0.587. The van der Waals surface area contributed by atoms with E-state index in [0.717, 1.165) is 68.8 Å². The SMILES string of the molecule is O=C(CN1CCC[C@H](c2cncc(-c3cccc(Cl)c3)n2)C1)N1CCCC1. The van der Waals surface area contributed by atoms with Gasteiger partial charge in [-0.05, 0) is 44.4 Å². The highest BCUT2D eigenvalue weighted by Crippen LogP contribution is 2.27. The van der Waals surface area contributed by atoms with Crippen molar-refractivity contribution in [2.45, 2.75) is 31.6 Å². The minimum absolute atomic E-state index is 0.270. The van der Waals surface area contributed by atoms with Crippen LogP contribution in [0.4, 0.5) is 0 Å². The smallest absolute Gasteiger partial charge is 0.236 e. The van der Waals surface area contributed by atoms with Crippen LogP contribution in [-0.4, -0.2) is 58.4 Å². The highest BCUT2D eigenvalue weighted by atomic mass is 35.5. The minimum Gasteiger partial charge on any atom is -0.342 e. The van der Waals surface area contributed by atoms with E-state index in [4.69, 9.17) is 16.6 Å². The Morgan fingerprint density at radius 2 is 2.00 bits per heavy atom. The van der Waals surface area contributed by atoms with Gasteiger partial charge < -0.3 is 4.90 Å². The van der Waals surface area contributed by atoms with Crippen molar-refractivity contribution in [3.8, 4) is 11.3 Å². The summed E-state index contributed by atoms with van der Waals surface area (Å²) in [6, 6.07) is 7.70. The maximum Gasteiger partial charge on any atom is 0.236 e. The van der Waals surface area contributed by atoms with Crippen LogP contribution in [0.3, 0.4) is 0 Å². The maximum absolute atomic E-state index is 12.5. The molecule has 2 aromatic rings. The van der Waals surface area contributed by atoms with Gasteiger partial charge >= 0.3 is 0 Å². The number of carbonyl (C=O) groups excluding carboxylic acids is 1. The van der Waals surface area contributed by atoms with Crippen LogP contribution in [0.25, 0.3) is 11.3 Å². The first-order valence-electron chi connectivity index (χ1n) is 9.77. The van der Waals surface area contributed by atoms with Crippen molar-refractivity contribution in [2.24, 2.45) is 0 Å². The van der Waals surface area contributed by atoms with Gasteiger partial charge in [0.25, 0.3) is 0 Å². The standard InChI is InChI=1S/C21H25ClN4O/c22-18-7-3-5-16(11-18)19-12-23-13-20(24-19)17-6-4-8-25(14-17)15-21(27)26-9-1-2-10-26/h3,5,7,11-13,17H,1-2,4,6,8-10,14-15H2/t17-/m0/s1. The molecule has 5 nitrogen and oxygen atoms in total. The van der Waals surface area contributed by atoms with Gasteiger partial charge in [0.2, 0.25) is 5.91 Å².